The number of hydrogen-bond acceptors (Lipinski definition) is 1. The number of hydrogen-bond donors (Lipinski definition) is 0. The van der Waals surface area contributed by atoms with Gasteiger partial charge in [-0.15, -0.1) is 0 Å². The van der Waals surface area contributed by atoms with Gasteiger partial charge in [0.2, 0.25) is 0 Å². The third-order valence-corrected chi connectivity index (χ3v) is 4.02. The molecule has 1 aliphatic rings. The molecule has 0 atom stereocenters. The van der Waals surface area contributed by atoms with Crippen molar-refractivity contribution in [2.24, 2.45) is 0 Å². The molecule has 123 valence electrons. The fourth-order valence-corrected chi connectivity index (χ4v) is 2.74. The van der Waals surface area contributed by atoms with Crippen LogP contribution in [0.25, 0.3) is 5.57 Å². The molecule has 0 saturated carbocycles. The molecule has 0 unspecified atom stereocenters. The Hall–Kier alpha value is -0.496. The zero-order valence-corrected chi connectivity index (χ0v) is 16.2. The van der Waals surface area contributed by atoms with E-state index in [1.807, 2.05) is 13.8 Å². The van der Waals surface area contributed by atoms with Crippen molar-refractivity contribution in [2.75, 3.05) is 13.2 Å². The van der Waals surface area contributed by atoms with Gasteiger partial charge in [-0.2, -0.15) is 0 Å². The largest absolute Gasteiger partial charge is 0.377 e. The van der Waals surface area contributed by atoms with Crippen LogP contribution in [0.15, 0.2) is 29.8 Å². The Morgan fingerprint density at radius 1 is 1.00 bits per heavy atom. The molecule has 0 saturated heterocycles. The van der Waals surface area contributed by atoms with E-state index in [-0.39, 0.29) is 18.6 Å². The third kappa shape index (κ3) is 6.73. The van der Waals surface area contributed by atoms with E-state index < -0.39 is 0 Å². The average molecular weight is 339 g/mol. The van der Waals surface area contributed by atoms with Crippen molar-refractivity contribution in [2.45, 2.75) is 66.2 Å². The maximum Gasteiger partial charge on any atom is 0.0722 e. The predicted molar refractivity (Wildman–Crippen MR) is 93.7 cm³/mol. The summed E-state index contributed by atoms with van der Waals surface area (Å²) in [5.74, 6) is 0. The van der Waals surface area contributed by atoms with Gasteiger partial charge in [-0.25, -0.2) is 0 Å². The Morgan fingerprint density at radius 3 is 2.45 bits per heavy atom. The first-order valence-electron chi connectivity index (χ1n) is 8.67. The number of fused-ring (bicyclic) bond motifs is 1. The molecule has 0 bridgehead atoms. The second-order valence-electron chi connectivity index (χ2n) is 5.53. The molecule has 0 aromatic heterocycles. The molecule has 1 nitrogen and oxygen atoms in total. The second-order valence-corrected chi connectivity index (χ2v) is 5.53. The molecule has 1 aromatic rings. The summed E-state index contributed by atoms with van der Waals surface area (Å²) in [6, 6.07) is 8.78. The van der Waals surface area contributed by atoms with Crippen LogP contribution >= 0.6 is 0 Å². The molecule has 2 rings (SSSR count). The fraction of sp³-hybridized carbons (Fsp3) is 0.600. The van der Waals surface area contributed by atoms with Crippen molar-refractivity contribution >= 4 is 5.57 Å². The Kier molecular flexibility index (Phi) is 12.7. The minimum Gasteiger partial charge on any atom is -0.377 e. The van der Waals surface area contributed by atoms with Crippen LogP contribution in [0.1, 0.15) is 70.9 Å². The molecular weight excluding hydrogens is 307 g/mol. The zero-order chi connectivity index (χ0) is 15.5. The van der Waals surface area contributed by atoms with Crippen molar-refractivity contribution in [3.05, 3.63) is 41.0 Å². The van der Waals surface area contributed by atoms with E-state index in [4.69, 9.17) is 4.74 Å². The fourth-order valence-electron chi connectivity index (χ4n) is 2.74. The van der Waals surface area contributed by atoms with Crippen LogP contribution in [-0.2, 0) is 29.7 Å². The molecule has 1 aliphatic carbocycles. The van der Waals surface area contributed by atoms with Crippen molar-refractivity contribution in [1.82, 2.24) is 0 Å². The first-order valence-corrected chi connectivity index (χ1v) is 8.67. The van der Waals surface area contributed by atoms with Crippen molar-refractivity contribution in [3.63, 3.8) is 0 Å². The van der Waals surface area contributed by atoms with Crippen molar-refractivity contribution in [1.29, 1.82) is 0 Å². The van der Waals surface area contributed by atoms with Crippen LogP contribution < -0.4 is 0 Å². The van der Waals surface area contributed by atoms with Gasteiger partial charge >= 0.3 is 0 Å². The maximum atomic E-state index is 5.89. The van der Waals surface area contributed by atoms with Gasteiger partial charge in [-0.3, -0.25) is 0 Å². The minimum absolute atomic E-state index is 0. The van der Waals surface area contributed by atoms with Crippen LogP contribution in [0, 0.1) is 0 Å². The van der Waals surface area contributed by atoms with Gasteiger partial charge in [0.25, 0.3) is 0 Å². The summed E-state index contributed by atoms with van der Waals surface area (Å²) in [5, 5.41) is 0. The minimum atomic E-state index is 0. The standard InChI is InChI=1S/C18H26O.C2H6.V/c1-3-4-5-8-13-19-14-18-15(2)11-12-16-9-6-7-10-17(16)18;1-2;/h6-7,9-10H,3-5,8,11-14H2,1-2H3;1-2H3;. The molecule has 0 aliphatic heterocycles. The van der Waals surface area contributed by atoms with E-state index in [0.29, 0.717) is 0 Å². The molecule has 0 amide bonds. The number of unbranched alkanes of at least 4 members (excludes halogenated alkanes) is 3. The van der Waals surface area contributed by atoms with E-state index in [1.165, 1.54) is 60.8 Å². The average Bonchev–Trinajstić information content (AvgIpc) is 2.54. The van der Waals surface area contributed by atoms with Gasteiger partial charge in [0.05, 0.1) is 6.61 Å². The zero-order valence-electron chi connectivity index (χ0n) is 14.8. The molecule has 1 radical (unpaired) electrons. The third-order valence-electron chi connectivity index (χ3n) is 4.02. The van der Waals surface area contributed by atoms with E-state index in [1.54, 1.807) is 0 Å². The topological polar surface area (TPSA) is 9.23 Å². The molecule has 0 heterocycles. The van der Waals surface area contributed by atoms with E-state index in [2.05, 4.69) is 38.1 Å². The Labute approximate surface area is 149 Å². The SMILES string of the molecule is CC.CCCCCCOCC1=C(C)CCc2ccccc21.[V]. The van der Waals surface area contributed by atoms with Gasteiger partial charge in [0, 0.05) is 25.2 Å². The van der Waals surface area contributed by atoms with Crippen LogP contribution in [-0.4, -0.2) is 13.2 Å². The van der Waals surface area contributed by atoms with Gasteiger partial charge in [-0.1, -0.05) is 69.9 Å². The monoisotopic (exact) mass is 339 g/mol. The molecule has 0 spiro atoms. The van der Waals surface area contributed by atoms with Crippen LogP contribution in [0.4, 0.5) is 0 Å². The Bertz CT molecular complexity index is 437. The molecule has 1 aromatic carbocycles. The van der Waals surface area contributed by atoms with E-state index >= 15 is 0 Å². The number of rotatable bonds is 7. The molecule has 22 heavy (non-hydrogen) atoms. The molecule has 0 fully saturated rings. The first-order chi connectivity index (χ1) is 10.3. The van der Waals surface area contributed by atoms with Crippen molar-refractivity contribution in [3.8, 4) is 0 Å². The normalized spacial score (nSPS) is 12.9. The summed E-state index contributed by atoms with van der Waals surface area (Å²) < 4.78 is 5.89. The first kappa shape index (κ1) is 21.5. The quantitative estimate of drug-likeness (QED) is 0.551. The van der Waals surface area contributed by atoms with Gasteiger partial charge in [0.15, 0.2) is 0 Å². The summed E-state index contributed by atoms with van der Waals surface area (Å²) in [7, 11) is 0. The predicted octanol–water partition coefficient (Wildman–Crippen LogP) is 6.03. The summed E-state index contributed by atoms with van der Waals surface area (Å²) in [6.45, 7) is 10.2. The van der Waals surface area contributed by atoms with Crippen LogP contribution in [0.2, 0.25) is 0 Å². The molecule has 0 N–H and O–H groups in total. The molecular formula is C20H32OV. The summed E-state index contributed by atoms with van der Waals surface area (Å²) >= 11 is 0. The van der Waals surface area contributed by atoms with Gasteiger partial charge in [0.1, 0.15) is 0 Å². The number of allylic oxidation sites excluding steroid dienone is 1. The maximum absolute atomic E-state index is 5.89. The van der Waals surface area contributed by atoms with E-state index in [0.717, 1.165) is 13.2 Å². The Morgan fingerprint density at radius 2 is 1.73 bits per heavy atom. The van der Waals surface area contributed by atoms with Gasteiger partial charge in [-0.05, 0) is 42.9 Å². The smallest absolute Gasteiger partial charge is 0.0722 e. The second kappa shape index (κ2) is 13.0. The summed E-state index contributed by atoms with van der Waals surface area (Å²) in [6.07, 6.45) is 7.48. The molecule has 2 heteroatoms. The summed E-state index contributed by atoms with van der Waals surface area (Å²) in [4.78, 5) is 0. The van der Waals surface area contributed by atoms with Crippen LogP contribution in [0.3, 0.4) is 0 Å². The summed E-state index contributed by atoms with van der Waals surface area (Å²) in [5.41, 5.74) is 5.84. The number of ether oxygens (including phenoxy) is 1. The number of benzene rings is 1. The van der Waals surface area contributed by atoms with Gasteiger partial charge < -0.3 is 4.74 Å². The Balaban J connectivity index is 0.00000141. The van der Waals surface area contributed by atoms with Crippen LogP contribution in [0.5, 0.6) is 0 Å². The number of aryl methyl sites for hydroxylation is 1. The van der Waals surface area contributed by atoms with E-state index in [9.17, 15) is 0 Å². The van der Waals surface area contributed by atoms with Crippen molar-refractivity contribution < 1.29 is 23.3 Å².